The molecule has 1 heteroatoms. The van der Waals surface area contributed by atoms with Crippen LogP contribution in [0, 0.1) is 5.41 Å². The zero-order valence-electron chi connectivity index (χ0n) is 8.62. The SMILES string of the molecule is CC1(C)C=CC=c2c(N)cccc2=C1. The Morgan fingerprint density at radius 2 is 2.00 bits per heavy atom. The largest absolute Gasteiger partial charge is 0.398 e. The van der Waals surface area contributed by atoms with E-state index in [4.69, 9.17) is 5.73 Å². The standard InChI is InChI=1S/C13H15N/c1-13(2)8-4-6-11-10(9-13)5-3-7-12(11)14/h3-9H,14H2,1-2H3. The van der Waals surface area contributed by atoms with Gasteiger partial charge in [0.25, 0.3) is 0 Å². The van der Waals surface area contributed by atoms with E-state index in [-0.39, 0.29) is 5.41 Å². The van der Waals surface area contributed by atoms with Gasteiger partial charge in [-0.1, -0.05) is 50.3 Å². The van der Waals surface area contributed by atoms with Crippen LogP contribution in [0.2, 0.25) is 0 Å². The van der Waals surface area contributed by atoms with Crippen LogP contribution >= 0.6 is 0 Å². The Morgan fingerprint density at radius 1 is 1.21 bits per heavy atom. The molecule has 0 unspecified atom stereocenters. The molecule has 0 aliphatic heterocycles. The Kier molecular flexibility index (Phi) is 1.95. The summed E-state index contributed by atoms with van der Waals surface area (Å²) in [6.45, 7) is 4.38. The van der Waals surface area contributed by atoms with Crippen LogP contribution in [-0.2, 0) is 0 Å². The van der Waals surface area contributed by atoms with E-state index in [1.807, 2.05) is 12.1 Å². The molecule has 0 radical (unpaired) electrons. The number of nitrogen functional groups attached to an aromatic ring is 1. The molecule has 0 atom stereocenters. The maximum Gasteiger partial charge on any atom is 0.0393 e. The molecule has 14 heavy (non-hydrogen) atoms. The number of rotatable bonds is 0. The van der Waals surface area contributed by atoms with E-state index >= 15 is 0 Å². The highest BCUT2D eigenvalue weighted by molar-refractivity contribution is 5.55. The normalized spacial score (nSPS) is 17.6. The van der Waals surface area contributed by atoms with Crippen molar-refractivity contribution in [2.75, 3.05) is 5.73 Å². The molecular formula is C13H15N. The van der Waals surface area contributed by atoms with Crippen molar-refractivity contribution in [1.82, 2.24) is 0 Å². The molecule has 1 aromatic carbocycles. The molecule has 1 aliphatic carbocycles. The molecular weight excluding hydrogens is 170 g/mol. The van der Waals surface area contributed by atoms with Crippen molar-refractivity contribution in [2.45, 2.75) is 13.8 Å². The second kappa shape index (κ2) is 3.02. The predicted octanol–water partition coefficient (Wildman–Crippen LogP) is 1.43. The average Bonchev–Trinajstić information content (AvgIpc) is 2.23. The van der Waals surface area contributed by atoms with Crippen molar-refractivity contribution < 1.29 is 0 Å². The van der Waals surface area contributed by atoms with Crippen LogP contribution in [-0.4, -0.2) is 0 Å². The van der Waals surface area contributed by atoms with Crippen LogP contribution in [0.15, 0.2) is 30.4 Å². The monoisotopic (exact) mass is 185 g/mol. The lowest BCUT2D eigenvalue weighted by Gasteiger charge is -2.12. The molecule has 2 N–H and O–H groups in total. The van der Waals surface area contributed by atoms with Crippen LogP contribution in [0.25, 0.3) is 12.2 Å². The maximum absolute atomic E-state index is 5.91. The summed E-state index contributed by atoms with van der Waals surface area (Å²) in [4.78, 5) is 0. The van der Waals surface area contributed by atoms with E-state index in [1.165, 1.54) is 5.22 Å². The fourth-order valence-electron chi connectivity index (χ4n) is 1.76. The van der Waals surface area contributed by atoms with E-state index in [0.717, 1.165) is 10.9 Å². The Morgan fingerprint density at radius 3 is 2.79 bits per heavy atom. The quantitative estimate of drug-likeness (QED) is 0.608. The first-order valence-corrected chi connectivity index (χ1v) is 4.85. The summed E-state index contributed by atoms with van der Waals surface area (Å²) in [6, 6.07) is 6.05. The molecule has 0 saturated carbocycles. The van der Waals surface area contributed by atoms with E-state index < -0.39 is 0 Å². The molecule has 1 aliphatic rings. The fourth-order valence-corrected chi connectivity index (χ4v) is 1.76. The van der Waals surface area contributed by atoms with Crippen molar-refractivity contribution in [3.8, 4) is 0 Å². The van der Waals surface area contributed by atoms with Crippen molar-refractivity contribution in [2.24, 2.45) is 5.41 Å². The number of hydrogen-bond donors (Lipinski definition) is 1. The van der Waals surface area contributed by atoms with Crippen LogP contribution in [0.1, 0.15) is 13.8 Å². The third-order valence-electron chi connectivity index (χ3n) is 2.49. The highest BCUT2D eigenvalue weighted by Crippen LogP contribution is 2.19. The van der Waals surface area contributed by atoms with Crippen LogP contribution in [0.4, 0.5) is 5.69 Å². The van der Waals surface area contributed by atoms with E-state index in [1.54, 1.807) is 0 Å². The van der Waals surface area contributed by atoms with Gasteiger partial charge in [-0.05, 0) is 11.3 Å². The maximum atomic E-state index is 5.91. The number of nitrogens with two attached hydrogens (primary N) is 1. The first-order chi connectivity index (χ1) is 6.58. The lowest BCUT2D eigenvalue weighted by molar-refractivity contribution is 0.671. The summed E-state index contributed by atoms with van der Waals surface area (Å²) in [5.41, 5.74) is 6.87. The Labute approximate surface area is 84.3 Å². The molecule has 72 valence electrons. The van der Waals surface area contributed by atoms with E-state index in [2.05, 4.69) is 44.2 Å². The van der Waals surface area contributed by atoms with Crippen LogP contribution in [0.5, 0.6) is 0 Å². The topological polar surface area (TPSA) is 26.0 Å². The molecule has 0 amide bonds. The summed E-state index contributed by atoms with van der Waals surface area (Å²) in [5, 5.41) is 2.36. The van der Waals surface area contributed by atoms with Gasteiger partial charge in [-0.2, -0.15) is 0 Å². The molecule has 1 aromatic rings. The molecule has 0 fully saturated rings. The van der Waals surface area contributed by atoms with E-state index in [9.17, 15) is 0 Å². The zero-order valence-corrected chi connectivity index (χ0v) is 8.62. The minimum atomic E-state index is 0.107. The molecule has 1 nitrogen and oxygen atoms in total. The van der Waals surface area contributed by atoms with Crippen LogP contribution < -0.4 is 16.2 Å². The zero-order chi connectivity index (χ0) is 10.2. The van der Waals surface area contributed by atoms with Gasteiger partial charge in [0, 0.05) is 16.3 Å². The smallest absolute Gasteiger partial charge is 0.0393 e. The second-order valence-electron chi connectivity index (χ2n) is 4.34. The van der Waals surface area contributed by atoms with Gasteiger partial charge in [0.05, 0.1) is 0 Å². The number of allylic oxidation sites excluding steroid dienone is 2. The van der Waals surface area contributed by atoms with Crippen molar-refractivity contribution in [1.29, 1.82) is 0 Å². The summed E-state index contributed by atoms with van der Waals surface area (Å²) >= 11 is 0. The lowest BCUT2D eigenvalue weighted by atomic mass is 9.92. The van der Waals surface area contributed by atoms with Gasteiger partial charge >= 0.3 is 0 Å². The van der Waals surface area contributed by atoms with Gasteiger partial charge in [0.15, 0.2) is 0 Å². The van der Waals surface area contributed by atoms with Crippen molar-refractivity contribution >= 4 is 17.8 Å². The minimum absolute atomic E-state index is 0.107. The molecule has 0 saturated heterocycles. The van der Waals surface area contributed by atoms with E-state index in [0.29, 0.717) is 0 Å². The Bertz CT molecular complexity index is 492. The van der Waals surface area contributed by atoms with Crippen molar-refractivity contribution in [3.63, 3.8) is 0 Å². The molecule has 2 rings (SSSR count). The van der Waals surface area contributed by atoms with Gasteiger partial charge in [0.1, 0.15) is 0 Å². The number of hydrogen-bond acceptors (Lipinski definition) is 1. The molecule has 0 spiro atoms. The third kappa shape index (κ3) is 1.58. The number of benzene rings is 1. The minimum Gasteiger partial charge on any atom is -0.398 e. The Balaban J connectivity index is 2.83. The van der Waals surface area contributed by atoms with Crippen LogP contribution in [0.3, 0.4) is 0 Å². The van der Waals surface area contributed by atoms with Gasteiger partial charge in [-0.25, -0.2) is 0 Å². The van der Waals surface area contributed by atoms with Gasteiger partial charge in [-0.15, -0.1) is 0 Å². The van der Waals surface area contributed by atoms with Gasteiger partial charge < -0.3 is 5.73 Å². The average molecular weight is 185 g/mol. The third-order valence-corrected chi connectivity index (χ3v) is 2.49. The molecule has 0 aromatic heterocycles. The first-order valence-electron chi connectivity index (χ1n) is 4.85. The number of anilines is 1. The van der Waals surface area contributed by atoms with Gasteiger partial charge in [0.2, 0.25) is 0 Å². The fraction of sp³-hybridized carbons (Fsp3) is 0.231. The lowest BCUT2D eigenvalue weighted by Crippen LogP contribution is -2.28. The Hall–Kier alpha value is -1.50. The highest BCUT2D eigenvalue weighted by Gasteiger charge is 2.10. The summed E-state index contributed by atoms with van der Waals surface area (Å²) < 4.78 is 0. The van der Waals surface area contributed by atoms with Crippen molar-refractivity contribution in [3.05, 3.63) is 40.8 Å². The molecule has 0 heterocycles. The molecule has 0 bridgehead atoms. The second-order valence-corrected chi connectivity index (χ2v) is 4.34. The first kappa shape index (κ1) is 9.07. The summed E-state index contributed by atoms with van der Waals surface area (Å²) in [5.74, 6) is 0. The summed E-state index contributed by atoms with van der Waals surface area (Å²) in [6.07, 6.45) is 8.60. The predicted molar refractivity (Wildman–Crippen MR) is 62.0 cm³/mol. The summed E-state index contributed by atoms with van der Waals surface area (Å²) in [7, 11) is 0. The number of fused-ring (bicyclic) bond motifs is 1. The highest BCUT2D eigenvalue weighted by atomic mass is 14.5. The van der Waals surface area contributed by atoms with Gasteiger partial charge in [-0.3, -0.25) is 0 Å².